The van der Waals surface area contributed by atoms with Crippen LogP contribution in [0.15, 0.2) is 42.5 Å². The van der Waals surface area contributed by atoms with E-state index in [0.29, 0.717) is 39.3 Å². The Bertz CT molecular complexity index is 1170. The van der Waals surface area contributed by atoms with Gasteiger partial charge in [0.05, 0.1) is 6.61 Å². The van der Waals surface area contributed by atoms with E-state index in [9.17, 15) is 9.90 Å². The topological polar surface area (TPSA) is 77.2 Å². The number of hydrogen-bond donors (Lipinski definition) is 1. The van der Waals surface area contributed by atoms with Crippen molar-refractivity contribution >= 4 is 28.6 Å². The molecule has 7 heteroatoms. The smallest absolute Gasteiger partial charge is 0.333 e. The van der Waals surface area contributed by atoms with Gasteiger partial charge in [0.15, 0.2) is 0 Å². The Labute approximate surface area is 200 Å². The highest BCUT2D eigenvalue weighted by Gasteiger charge is 2.24. The molecule has 0 atom stereocenters. The van der Waals surface area contributed by atoms with Gasteiger partial charge in [0.1, 0.15) is 22.5 Å². The molecule has 0 bridgehead atoms. The van der Waals surface area contributed by atoms with Gasteiger partial charge in [-0.1, -0.05) is 64.3 Å². The number of unbranched alkanes of at least 4 members (excludes halogenated alkanes) is 2. The summed E-state index contributed by atoms with van der Waals surface area (Å²) in [5.74, 6) is -0.372. The number of phenolic OH excluding ortho intramolecular Hbond substituents is 1. The van der Waals surface area contributed by atoms with Crippen LogP contribution in [0.25, 0.3) is 16.7 Å². The van der Waals surface area contributed by atoms with Crippen molar-refractivity contribution in [2.45, 2.75) is 65.2 Å². The number of esters is 1. The zero-order valence-corrected chi connectivity index (χ0v) is 20.6. The lowest BCUT2D eigenvalue weighted by Crippen LogP contribution is -2.19. The van der Waals surface area contributed by atoms with Crippen LogP contribution in [0, 0.1) is 0 Å². The van der Waals surface area contributed by atoms with Crippen LogP contribution < -0.4 is 0 Å². The summed E-state index contributed by atoms with van der Waals surface area (Å²) < 4.78 is 5.27. The number of carbonyl (C=O) groups excluding carboxylic acids is 1. The van der Waals surface area contributed by atoms with Crippen LogP contribution in [-0.2, 0) is 21.4 Å². The van der Waals surface area contributed by atoms with Crippen molar-refractivity contribution in [3.05, 3.63) is 58.6 Å². The van der Waals surface area contributed by atoms with Crippen LogP contribution >= 0.6 is 11.6 Å². The summed E-state index contributed by atoms with van der Waals surface area (Å²) in [5, 5.41) is 20.8. The lowest BCUT2D eigenvalue weighted by Gasteiger charge is -2.27. The molecule has 0 saturated heterocycles. The summed E-state index contributed by atoms with van der Waals surface area (Å²) in [5.41, 5.74) is 3.81. The van der Waals surface area contributed by atoms with Crippen LogP contribution in [-0.4, -0.2) is 32.7 Å². The van der Waals surface area contributed by atoms with Crippen LogP contribution in [0.1, 0.15) is 64.5 Å². The quantitative estimate of drug-likeness (QED) is 0.214. The Kier molecular flexibility index (Phi) is 7.80. The number of aromatic nitrogens is 3. The van der Waals surface area contributed by atoms with Crippen LogP contribution in [0.2, 0.25) is 5.02 Å². The first kappa shape index (κ1) is 24.8. The van der Waals surface area contributed by atoms with Gasteiger partial charge >= 0.3 is 5.97 Å². The highest BCUT2D eigenvalue weighted by molar-refractivity contribution is 6.31. The zero-order chi connectivity index (χ0) is 24.2. The number of fused-ring (bicyclic) bond motifs is 1. The van der Waals surface area contributed by atoms with E-state index in [1.165, 1.54) is 11.2 Å². The summed E-state index contributed by atoms with van der Waals surface area (Å²) in [4.78, 5) is 13.2. The van der Waals surface area contributed by atoms with Gasteiger partial charge in [-0.3, -0.25) is 0 Å². The number of phenols is 1. The highest BCUT2D eigenvalue weighted by Crippen LogP contribution is 2.36. The normalized spacial score (nSPS) is 11.7. The Morgan fingerprint density at radius 2 is 1.91 bits per heavy atom. The second kappa shape index (κ2) is 10.4. The minimum absolute atomic E-state index is 0.0703. The number of benzene rings is 2. The fourth-order valence-electron chi connectivity index (χ4n) is 3.75. The molecule has 0 saturated carbocycles. The summed E-state index contributed by atoms with van der Waals surface area (Å²) >= 11 is 6.11. The molecule has 0 amide bonds. The lowest BCUT2D eigenvalue weighted by molar-refractivity contribution is -0.138. The van der Waals surface area contributed by atoms with Crippen molar-refractivity contribution in [3.8, 4) is 11.4 Å². The second-order valence-electron chi connectivity index (χ2n) is 9.13. The zero-order valence-electron chi connectivity index (χ0n) is 19.8. The molecule has 0 unspecified atom stereocenters. The maximum atomic E-state index is 11.8. The molecule has 1 aromatic heterocycles. The second-order valence-corrected chi connectivity index (χ2v) is 9.57. The summed E-state index contributed by atoms with van der Waals surface area (Å²) in [7, 11) is 0. The van der Waals surface area contributed by atoms with E-state index in [2.05, 4.69) is 37.5 Å². The fraction of sp³-hybridized carbons (Fsp3) is 0.423. The first-order chi connectivity index (χ1) is 15.6. The average Bonchev–Trinajstić information content (AvgIpc) is 3.17. The molecule has 176 valence electrons. The molecule has 0 spiro atoms. The molecule has 0 aliphatic rings. The predicted molar refractivity (Wildman–Crippen MR) is 132 cm³/mol. The Balaban J connectivity index is 2.02. The van der Waals surface area contributed by atoms with Gasteiger partial charge in [-0.2, -0.15) is 0 Å². The number of ether oxygens (including phenoxy) is 1. The summed E-state index contributed by atoms with van der Waals surface area (Å²) in [6.07, 6.45) is 4.82. The van der Waals surface area contributed by atoms with Crippen LogP contribution in [0.3, 0.4) is 0 Å². The summed E-state index contributed by atoms with van der Waals surface area (Å²) in [6.45, 7) is 12.0. The number of halogens is 1. The molecule has 0 fully saturated rings. The predicted octanol–water partition coefficient (Wildman–Crippen LogP) is 6.30. The molecule has 1 heterocycles. The van der Waals surface area contributed by atoms with Crippen molar-refractivity contribution in [2.24, 2.45) is 0 Å². The van der Waals surface area contributed by atoms with Gasteiger partial charge in [0.25, 0.3) is 0 Å². The van der Waals surface area contributed by atoms with E-state index in [0.717, 1.165) is 24.8 Å². The molecule has 1 N–H and O–H groups in total. The maximum absolute atomic E-state index is 11.8. The number of rotatable bonds is 10. The summed E-state index contributed by atoms with van der Waals surface area (Å²) in [6, 6.07) is 9.25. The lowest BCUT2D eigenvalue weighted by atomic mass is 9.79. The molecule has 2 aromatic carbocycles. The highest BCUT2D eigenvalue weighted by atomic mass is 35.5. The molecule has 33 heavy (non-hydrogen) atoms. The van der Waals surface area contributed by atoms with Crippen molar-refractivity contribution in [1.29, 1.82) is 0 Å². The maximum Gasteiger partial charge on any atom is 0.333 e. The number of hydrogen-bond acceptors (Lipinski definition) is 5. The van der Waals surface area contributed by atoms with E-state index in [1.54, 1.807) is 25.1 Å². The van der Waals surface area contributed by atoms with Crippen molar-refractivity contribution in [3.63, 3.8) is 0 Å². The minimum atomic E-state index is -0.442. The molecule has 0 aliphatic heterocycles. The van der Waals surface area contributed by atoms with Gasteiger partial charge in [-0.25, -0.2) is 4.79 Å². The molecule has 6 nitrogen and oxygen atoms in total. The Morgan fingerprint density at radius 1 is 1.18 bits per heavy atom. The van der Waals surface area contributed by atoms with Crippen LogP contribution in [0.5, 0.6) is 5.75 Å². The number of aromatic hydroxyl groups is 1. The van der Waals surface area contributed by atoms with Gasteiger partial charge in [-0.15, -0.1) is 15.0 Å². The van der Waals surface area contributed by atoms with Gasteiger partial charge in [-0.05, 0) is 54.2 Å². The molecular weight excluding hydrogens is 438 g/mol. The Morgan fingerprint density at radius 3 is 2.61 bits per heavy atom. The average molecular weight is 470 g/mol. The van der Waals surface area contributed by atoms with E-state index in [-0.39, 0.29) is 17.8 Å². The van der Waals surface area contributed by atoms with Crippen molar-refractivity contribution < 1.29 is 14.6 Å². The monoisotopic (exact) mass is 469 g/mol. The van der Waals surface area contributed by atoms with Crippen molar-refractivity contribution in [2.75, 3.05) is 6.61 Å². The fourth-order valence-corrected chi connectivity index (χ4v) is 3.91. The first-order valence-corrected chi connectivity index (χ1v) is 11.7. The molecule has 3 aromatic rings. The van der Waals surface area contributed by atoms with Gasteiger partial charge < -0.3 is 9.84 Å². The number of nitrogens with zero attached hydrogens (tertiary/aromatic N) is 3. The standard InChI is InChI=1S/C26H32ClN3O3/c1-6-7-8-12-26(4,5)19-14-18(11-13-33-25(32)17(2)3)24(31)23(15-19)30-28-21-10-9-20(27)16-22(21)29-30/h9-10,14-16,31H,2,6-8,11-13H2,1,3-5H3. The van der Waals surface area contributed by atoms with E-state index in [1.807, 2.05) is 12.1 Å². The molecule has 0 aliphatic carbocycles. The third-order valence-corrected chi connectivity index (χ3v) is 6.10. The Hall–Kier alpha value is -2.86. The SMILES string of the molecule is C=C(C)C(=O)OCCc1cc(C(C)(C)CCCCC)cc(-n2nc3ccc(Cl)cc3n2)c1O. The van der Waals surface area contributed by atoms with Gasteiger partial charge in [0, 0.05) is 17.0 Å². The molecular formula is C26H32ClN3O3. The van der Waals surface area contributed by atoms with E-state index in [4.69, 9.17) is 16.3 Å². The van der Waals surface area contributed by atoms with E-state index >= 15 is 0 Å². The third kappa shape index (κ3) is 5.93. The van der Waals surface area contributed by atoms with Crippen LogP contribution in [0.4, 0.5) is 0 Å². The molecule has 0 radical (unpaired) electrons. The van der Waals surface area contributed by atoms with Gasteiger partial charge in [0.2, 0.25) is 0 Å². The molecule has 3 rings (SSSR count). The van der Waals surface area contributed by atoms with E-state index < -0.39 is 5.97 Å². The first-order valence-electron chi connectivity index (χ1n) is 11.3. The largest absolute Gasteiger partial charge is 0.505 e. The minimum Gasteiger partial charge on any atom is -0.505 e. The van der Waals surface area contributed by atoms with Crippen molar-refractivity contribution in [1.82, 2.24) is 15.0 Å². The number of carbonyl (C=O) groups is 1. The third-order valence-electron chi connectivity index (χ3n) is 5.87.